The Morgan fingerprint density at radius 2 is 1.78 bits per heavy atom. The average molecular weight is 303 g/mol. The molecule has 3 aromatic rings. The van der Waals surface area contributed by atoms with E-state index in [0.717, 1.165) is 16.8 Å². The highest BCUT2D eigenvalue weighted by Crippen LogP contribution is 2.08. The van der Waals surface area contributed by atoms with Crippen LogP contribution in [-0.4, -0.2) is 15.7 Å². The minimum atomic E-state index is -0.168. The highest BCUT2D eigenvalue weighted by atomic mass is 16.1. The van der Waals surface area contributed by atoms with Crippen LogP contribution in [0.4, 0.5) is 0 Å². The van der Waals surface area contributed by atoms with E-state index < -0.39 is 0 Å². The lowest BCUT2D eigenvalue weighted by atomic mass is 10.1. The number of amides is 1. The number of para-hydroxylation sites is 1. The van der Waals surface area contributed by atoms with Crippen LogP contribution in [0.15, 0.2) is 78.0 Å². The number of hydrogen-bond donors (Lipinski definition) is 0. The molecule has 23 heavy (non-hydrogen) atoms. The lowest BCUT2D eigenvalue weighted by Gasteiger charge is -2.03. The van der Waals surface area contributed by atoms with Gasteiger partial charge in [0, 0.05) is 6.20 Å². The summed E-state index contributed by atoms with van der Waals surface area (Å²) in [6.07, 6.45) is 3.71. The van der Waals surface area contributed by atoms with E-state index in [-0.39, 0.29) is 5.91 Å². The lowest BCUT2D eigenvalue weighted by molar-refractivity contribution is -0.117. The van der Waals surface area contributed by atoms with Crippen molar-refractivity contribution >= 4 is 5.91 Å². The molecule has 0 fully saturated rings. The van der Waals surface area contributed by atoms with E-state index in [0.29, 0.717) is 11.8 Å². The third kappa shape index (κ3) is 3.80. The summed E-state index contributed by atoms with van der Waals surface area (Å²) in [5, 5.41) is 4.86. The molecular weight excluding hydrogens is 286 g/mol. The summed E-state index contributed by atoms with van der Waals surface area (Å²) in [7, 11) is 0. The van der Waals surface area contributed by atoms with Crippen molar-refractivity contribution in [2.75, 3.05) is 0 Å². The largest absolute Gasteiger partial charge is 0.272 e. The molecule has 0 radical (unpaired) electrons. The van der Waals surface area contributed by atoms with Crippen LogP contribution in [-0.2, 0) is 11.2 Å². The van der Waals surface area contributed by atoms with Crippen LogP contribution < -0.4 is 5.36 Å². The van der Waals surface area contributed by atoms with Gasteiger partial charge >= 0.3 is 0 Å². The van der Waals surface area contributed by atoms with Gasteiger partial charge < -0.3 is 0 Å². The van der Waals surface area contributed by atoms with Crippen molar-refractivity contribution in [1.82, 2.24) is 9.78 Å². The maximum Gasteiger partial charge on any atom is 0.250 e. The molecule has 0 saturated heterocycles. The molecule has 0 spiro atoms. The number of benzene rings is 2. The van der Waals surface area contributed by atoms with Crippen LogP contribution >= 0.6 is 0 Å². The van der Waals surface area contributed by atoms with Gasteiger partial charge in [0.2, 0.25) is 0 Å². The quantitative estimate of drug-likeness (QED) is 0.747. The molecule has 1 aromatic heterocycles. The fraction of sp³-hybridized carbons (Fsp3) is 0.105. The zero-order chi connectivity index (χ0) is 16.1. The molecule has 0 unspecified atom stereocenters. The van der Waals surface area contributed by atoms with Crippen LogP contribution in [0.1, 0.15) is 11.1 Å². The van der Waals surface area contributed by atoms with Gasteiger partial charge in [0.15, 0.2) is 0 Å². The molecule has 3 rings (SSSR count). The van der Waals surface area contributed by atoms with Gasteiger partial charge in [-0.25, -0.2) is 9.67 Å². The second kappa shape index (κ2) is 6.83. The maximum atomic E-state index is 12.1. The maximum absolute atomic E-state index is 12.1. The smallest absolute Gasteiger partial charge is 0.250 e. The van der Waals surface area contributed by atoms with E-state index in [1.165, 1.54) is 0 Å². The van der Waals surface area contributed by atoms with E-state index in [9.17, 15) is 4.79 Å². The van der Waals surface area contributed by atoms with E-state index in [1.54, 1.807) is 23.1 Å². The molecule has 0 atom stereocenters. The van der Waals surface area contributed by atoms with Crippen LogP contribution in [0.3, 0.4) is 0 Å². The highest BCUT2D eigenvalue weighted by molar-refractivity contribution is 5.79. The van der Waals surface area contributed by atoms with Crippen molar-refractivity contribution in [3.63, 3.8) is 0 Å². The summed E-state index contributed by atoms with van der Waals surface area (Å²) in [5.41, 5.74) is 3.07. The molecule has 0 saturated carbocycles. The first kappa shape index (κ1) is 14.9. The molecular formula is C19H17N3O. The normalized spacial score (nSPS) is 11.4. The summed E-state index contributed by atoms with van der Waals surface area (Å²) in [5.74, 6) is -0.168. The highest BCUT2D eigenvalue weighted by Gasteiger charge is 2.03. The lowest BCUT2D eigenvalue weighted by Crippen LogP contribution is -2.12. The zero-order valence-electron chi connectivity index (χ0n) is 12.9. The number of aryl methyl sites for hydroxylation is 1. The summed E-state index contributed by atoms with van der Waals surface area (Å²) in [6, 6.07) is 19.4. The minimum Gasteiger partial charge on any atom is -0.272 e. The summed E-state index contributed by atoms with van der Waals surface area (Å²) < 4.78 is 1.74. The number of aromatic nitrogens is 2. The predicted molar refractivity (Wildman–Crippen MR) is 89.0 cm³/mol. The van der Waals surface area contributed by atoms with Gasteiger partial charge in [-0.1, -0.05) is 42.5 Å². The Hall–Kier alpha value is -3.01. The Labute approximate surface area is 134 Å². The van der Waals surface area contributed by atoms with Crippen molar-refractivity contribution in [3.05, 3.63) is 89.5 Å². The fourth-order valence-corrected chi connectivity index (χ4v) is 2.30. The van der Waals surface area contributed by atoms with E-state index in [4.69, 9.17) is 0 Å². The van der Waals surface area contributed by atoms with Crippen molar-refractivity contribution in [3.8, 4) is 5.69 Å². The summed E-state index contributed by atoms with van der Waals surface area (Å²) >= 11 is 0. The average Bonchev–Trinajstić information content (AvgIpc) is 2.58. The Morgan fingerprint density at radius 3 is 2.48 bits per heavy atom. The molecule has 114 valence electrons. The first-order chi connectivity index (χ1) is 11.2. The van der Waals surface area contributed by atoms with Crippen LogP contribution in [0.2, 0.25) is 0 Å². The number of carbonyl (C=O) groups excluding carboxylic acids is 1. The zero-order valence-corrected chi connectivity index (χ0v) is 12.9. The second-order valence-electron chi connectivity index (χ2n) is 5.27. The standard InChI is InChI=1S/C19H17N3O/c1-15-7-5-6-8-16(15)13-19(23)21-17-11-12-22(20-14-17)18-9-3-2-4-10-18/h2-12,14H,13H2,1H3/b21-17-. The number of carbonyl (C=O) groups is 1. The third-order valence-electron chi connectivity index (χ3n) is 3.58. The van der Waals surface area contributed by atoms with Gasteiger partial charge in [0.25, 0.3) is 5.91 Å². The van der Waals surface area contributed by atoms with Crippen molar-refractivity contribution in [2.24, 2.45) is 4.99 Å². The molecule has 1 heterocycles. The van der Waals surface area contributed by atoms with E-state index in [2.05, 4.69) is 10.1 Å². The first-order valence-corrected chi connectivity index (χ1v) is 7.45. The topological polar surface area (TPSA) is 47.2 Å². The van der Waals surface area contributed by atoms with Crippen molar-refractivity contribution in [2.45, 2.75) is 13.3 Å². The predicted octanol–water partition coefficient (Wildman–Crippen LogP) is 2.85. The van der Waals surface area contributed by atoms with Gasteiger partial charge in [-0.2, -0.15) is 5.10 Å². The van der Waals surface area contributed by atoms with Gasteiger partial charge in [-0.3, -0.25) is 4.79 Å². The molecule has 0 bridgehead atoms. The molecule has 0 aliphatic rings. The monoisotopic (exact) mass is 303 g/mol. The molecule has 4 heteroatoms. The van der Waals surface area contributed by atoms with Crippen LogP contribution in [0.5, 0.6) is 0 Å². The first-order valence-electron chi connectivity index (χ1n) is 7.45. The van der Waals surface area contributed by atoms with Crippen molar-refractivity contribution in [1.29, 1.82) is 0 Å². The van der Waals surface area contributed by atoms with E-state index >= 15 is 0 Å². The Bertz CT molecular complexity index is 862. The minimum absolute atomic E-state index is 0.168. The molecule has 0 N–H and O–H groups in total. The number of nitrogens with zero attached hydrogens (tertiary/aromatic N) is 3. The van der Waals surface area contributed by atoms with Crippen molar-refractivity contribution < 1.29 is 4.79 Å². The summed E-state index contributed by atoms with van der Waals surface area (Å²) in [6.45, 7) is 2.00. The van der Waals surface area contributed by atoms with Gasteiger partial charge in [0.1, 0.15) is 0 Å². The molecule has 1 amide bonds. The second-order valence-corrected chi connectivity index (χ2v) is 5.27. The molecule has 0 aliphatic carbocycles. The van der Waals surface area contributed by atoms with Crippen LogP contribution in [0, 0.1) is 6.92 Å². The Morgan fingerprint density at radius 1 is 1.04 bits per heavy atom. The molecule has 0 aliphatic heterocycles. The SMILES string of the molecule is Cc1ccccc1CC(=O)/N=c1/ccn(-c2ccccc2)nc1. The van der Waals surface area contributed by atoms with Gasteiger partial charge in [0.05, 0.1) is 23.7 Å². The van der Waals surface area contributed by atoms with Crippen LogP contribution in [0.25, 0.3) is 5.69 Å². The number of hydrogen-bond acceptors (Lipinski definition) is 2. The Kier molecular flexibility index (Phi) is 4.43. The van der Waals surface area contributed by atoms with E-state index in [1.807, 2.05) is 61.5 Å². The molecule has 4 nitrogen and oxygen atoms in total. The Balaban J connectivity index is 1.78. The van der Waals surface area contributed by atoms with Gasteiger partial charge in [-0.15, -0.1) is 0 Å². The molecule has 2 aromatic carbocycles. The summed E-state index contributed by atoms with van der Waals surface area (Å²) in [4.78, 5) is 16.2. The number of rotatable bonds is 3. The fourth-order valence-electron chi connectivity index (χ4n) is 2.30. The third-order valence-corrected chi connectivity index (χ3v) is 3.58. The van der Waals surface area contributed by atoms with Gasteiger partial charge in [-0.05, 0) is 36.2 Å².